The molecular formula is C19H21Cl2NO2S. The third-order valence-electron chi connectivity index (χ3n) is 3.79. The van der Waals surface area contributed by atoms with E-state index in [0.717, 1.165) is 5.56 Å². The monoisotopic (exact) mass is 397 g/mol. The van der Waals surface area contributed by atoms with Crippen molar-refractivity contribution in [1.29, 1.82) is 0 Å². The number of aliphatic hydroxyl groups is 1. The van der Waals surface area contributed by atoms with Gasteiger partial charge < -0.3 is 5.11 Å². The van der Waals surface area contributed by atoms with Crippen LogP contribution in [0, 0.1) is 5.41 Å². The third-order valence-corrected chi connectivity index (χ3v) is 5.61. The van der Waals surface area contributed by atoms with Crippen molar-refractivity contribution in [3.05, 3.63) is 57.8 Å². The molecule has 0 unspecified atom stereocenters. The van der Waals surface area contributed by atoms with Crippen LogP contribution in [0.4, 0.5) is 0 Å². The first kappa shape index (κ1) is 20.1. The number of aliphatic hydroxyl groups excluding tert-OH is 1. The number of allylic oxidation sites excluding steroid dienone is 1. The number of nitrogens with zero attached hydrogens (tertiary/aromatic N) is 1. The molecule has 0 radical (unpaired) electrons. The number of hydrogen-bond donors (Lipinski definition) is 1. The van der Waals surface area contributed by atoms with Gasteiger partial charge in [0.05, 0.1) is 22.2 Å². The van der Waals surface area contributed by atoms with E-state index in [0.29, 0.717) is 45.8 Å². The number of halogens is 2. The second-order valence-corrected chi connectivity index (χ2v) is 8.51. The molecule has 1 aliphatic carbocycles. The van der Waals surface area contributed by atoms with Crippen molar-refractivity contribution in [3.63, 3.8) is 0 Å². The quantitative estimate of drug-likeness (QED) is 0.375. The molecule has 1 aromatic carbocycles. The van der Waals surface area contributed by atoms with Crippen LogP contribution in [0.1, 0.15) is 32.3 Å². The van der Waals surface area contributed by atoms with Gasteiger partial charge in [-0.15, -0.1) is 18.3 Å². The lowest BCUT2D eigenvalue weighted by Gasteiger charge is -2.29. The zero-order chi connectivity index (χ0) is 18.6. The maximum atomic E-state index is 12.6. The average molecular weight is 398 g/mol. The van der Waals surface area contributed by atoms with E-state index < -0.39 is 0 Å². The van der Waals surface area contributed by atoms with Crippen molar-refractivity contribution in [2.45, 2.75) is 32.4 Å². The topological polar surface area (TPSA) is 49.7 Å². The molecule has 0 spiro atoms. The predicted molar refractivity (Wildman–Crippen MR) is 108 cm³/mol. The van der Waals surface area contributed by atoms with Crippen LogP contribution in [-0.4, -0.2) is 22.5 Å². The lowest BCUT2D eigenvalue weighted by atomic mass is 9.77. The molecule has 3 nitrogen and oxygen atoms in total. The van der Waals surface area contributed by atoms with E-state index >= 15 is 0 Å². The van der Waals surface area contributed by atoms with Crippen molar-refractivity contribution in [1.82, 2.24) is 0 Å². The lowest BCUT2D eigenvalue weighted by molar-refractivity contribution is -0.117. The van der Waals surface area contributed by atoms with Gasteiger partial charge in [0.15, 0.2) is 5.78 Å². The zero-order valence-electron chi connectivity index (χ0n) is 14.3. The van der Waals surface area contributed by atoms with Gasteiger partial charge in [-0.2, -0.15) is 0 Å². The Labute approximate surface area is 162 Å². The first-order valence-corrected chi connectivity index (χ1v) is 9.65. The van der Waals surface area contributed by atoms with Gasteiger partial charge in [0.1, 0.15) is 10.8 Å². The van der Waals surface area contributed by atoms with E-state index in [-0.39, 0.29) is 17.0 Å². The second-order valence-electron chi connectivity index (χ2n) is 6.73. The normalized spacial score (nSPS) is 17.8. The molecule has 1 aromatic rings. The summed E-state index contributed by atoms with van der Waals surface area (Å²) >= 11 is 13.4. The van der Waals surface area contributed by atoms with E-state index in [1.807, 2.05) is 19.9 Å². The fourth-order valence-corrected chi connectivity index (χ4v) is 4.00. The molecule has 1 aliphatic rings. The standard InChI is InChI=1S/C19H21Cl2NO2S/c1-4-7-22-18(17-15(23)9-19(2,3)10-16(17)24)25-11-12-5-6-13(20)14(21)8-12/h4-6,8,23H,1,7,9-11H2,2-3H3. The predicted octanol–water partition coefficient (Wildman–Crippen LogP) is 6.01. The van der Waals surface area contributed by atoms with Gasteiger partial charge in [-0.3, -0.25) is 9.79 Å². The molecule has 2 rings (SSSR count). The van der Waals surface area contributed by atoms with E-state index in [2.05, 4.69) is 11.6 Å². The highest BCUT2D eigenvalue weighted by molar-refractivity contribution is 8.13. The van der Waals surface area contributed by atoms with Crippen LogP contribution in [0.2, 0.25) is 10.0 Å². The van der Waals surface area contributed by atoms with Gasteiger partial charge in [-0.25, -0.2) is 0 Å². The molecule has 6 heteroatoms. The zero-order valence-corrected chi connectivity index (χ0v) is 16.6. The lowest BCUT2D eigenvalue weighted by Crippen LogP contribution is -2.28. The maximum Gasteiger partial charge on any atom is 0.169 e. The Morgan fingerprint density at radius 3 is 2.68 bits per heavy atom. The summed E-state index contributed by atoms with van der Waals surface area (Å²) in [6.07, 6.45) is 2.52. The number of thioether (sulfide) groups is 1. The summed E-state index contributed by atoms with van der Waals surface area (Å²) in [5, 5.41) is 12.0. The Bertz CT molecular complexity index is 754. The Hall–Kier alpha value is -1.23. The molecule has 0 saturated carbocycles. The number of hydrogen-bond acceptors (Lipinski definition) is 4. The molecule has 0 saturated heterocycles. The fraction of sp³-hybridized carbons (Fsp3) is 0.368. The minimum atomic E-state index is -0.234. The number of rotatable bonds is 5. The van der Waals surface area contributed by atoms with Crippen LogP contribution >= 0.6 is 35.0 Å². The van der Waals surface area contributed by atoms with Gasteiger partial charge in [-0.05, 0) is 23.1 Å². The first-order chi connectivity index (χ1) is 11.7. The summed E-state index contributed by atoms with van der Waals surface area (Å²) in [6, 6.07) is 5.42. The Morgan fingerprint density at radius 1 is 1.36 bits per heavy atom. The average Bonchev–Trinajstić information content (AvgIpc) is 2.50. The van der Waals surface area contributed by atoms with Crippen LogP contribution in [0.3, 0.4) is 0 Å². The molecule has 25 heavy (non-hydrogen) atoms. The number of ketones is 1. The molecular weight excluding hydrogens is 377 g/mol. The Morgan fingerprint density at radius 2 is 2.08 bits per heavy atom. The molecule has 0 bridgehead atoms. The fourth-order valence-electron chi connectivity index (χ4n) is 2.66. The van der Waals surface area contributed by atoms with E-state index in [1.54, 1.807) is 18.2 Å². The van der Waals surface area contributed by atoms with Gasteiger partial charge in [0.2, 0.25) is 0 Å². The third kappa shape index (κ3) is 5.37. The molecule has 0 aliphatic heterocycles. The van der Waals surface area contributed by atoms with E-state index in [9.17, 15) is 9.90 Å². The molecule has 134 valence electrons. The SMILES string of the molecule is C=CCN=C(SCc1ccc(Cl)c(Cl)c1)C1=C(O)CC(C)(C)CC1=O. The smallest absolute Gasteiger partial charge is 0.169 e. The minimum Gasteiger partial charge on any atom is -0.511 e. The van der Waals surface area contributed by atoms with Crippen molar-refractivity contribution >= 4 is 45.8 Å². The summed E-state index contributed by atoms with van der Waals surface area (Å²) in [5.41, 5.74) is 1.07. The number of aliphatic imine (C=N–C) groups is 1. The molecule has 0 fully saturated rings. The summed E-state index contributed by atoms with van der Waals surface area (Å²) in [5.74, 6) is 0.615. The Balaban J connectivity index is 2.26. The molecule has 0 heterocycles. The van der Waals surface area contributed by atoms with Crippen LogP contribution < -0.4 is 0 Å². The summed E-state index contributed by atoms with van der Waals surface area (Å²) in [7, 11) is 0. The van der Waals surface area contributed by atoms with Crippen molar-refractivity contribution in [2.24, 2.45) is 10.4 Å². The van der Waals surface area contributed by atoms with Crippen molar-refractivity contribution < 1.29 is 9.90 Å². The van der Waals surface area contributed by atoms with Crippen LogP contribution in [0.5, 0.6) is 0 Å². The summed E-state index contributed by atoms with van der Waals surface area (Å²) < 4.78 is 0. The van der Waals surface area contributed by atoms with Gasteiger partial charge in [0, 0.05) is 18.6 Å². The summed E-state index contributed by atoms with van der Waals surface area (Å²) in [4.78, 5) is 17.0. The molecule has 0 aromatic heterocycles. The molecule has 0 atom stereocenters. The van der Waals surface area contributed by atoms with Crippen molar-refractivity contribution in [3.8, 4) is 0 Å². The molecule has 1 N–H and O–H groups in total. The van der Waals surface area contributed by atoms with E-state index in [4.69, 9.17) is 23.2 Å². The highest BCUT2D eigenvalue weighted by atomic mass is 35.5. The second kappa shape index (κ2) is 8.43. The highest BCUT2D eigenvalue weighted by Crippen LogP contribution is 2.38. The largest absolute Gasteiger partial charge is 0.511 e. The summed E-state index contributed by atoms with van der Waals surface area (Å²) in [6.45, 7) is 8.00. The van der Waals surface area contributed by atoms with Crippen LogP contribution in [0.25, 0.3) is 0 Å². The molecule has 0 amide bonds. The number of carbonyl (C=O) groups excluding carboxylic acids is 1. The van der Waals surface area contributed by atoms with Gasteiger partial charge >= 0.3 is 0 Å². The number of Topliss-reactive ketones (excluding diaryl/α,β-unsaturated/α-hetero) is 1. The van der Waals surface area contributed by atoms with Crippen molar-refractivity contribution in [2.75, 3.05) is 6.54 Å². The van der Waals surface area contributed by atoms with Crippen LogP contribution in [-0.2, 0) is 10.5 Å². The highest BCUT2D eigenvalue weighted by Gasteiger charge is 2.35. The Kier molecular flexibility index (Phi) is 6.78. The first-order valence-electron chi connectivity index (χ1n) is 7.91. The maximum absolute atomic E-state index is 12.6. The minimum absolute atomic E-state index is 0.0711. The van der Waals surface area contributed by atoms with Gasteiger partial charge in [-0.1, -0.05) is 49.2 Å². The number of benzene rings is 1. The van der Waals surface area contributed by atoms with Gasteiger partial charge in [0.25, 0.3) is 0 Å². The van der Waals surface area contributed by atoms with E-state index in [1.165, 1.54) is 11.8 Å². The number of carbonyl (C=O) groups is 1. The van der Waals surface area contributed by atoms with Crippen LogP contribution in [0.15, 0.2) is 47.2 Å².